The van der Waals surface area contributed by atoms with Gasteiger partial charge in [-0.2, -0.15) is 0 Å². The third-order valence-electron chi connectivity index (χ3n) is 4.02. The molecule has 30 heavy (non-hydrogen) atoms. The summed E-state index contributed by atoms with van der Waals surface area (Å²) in [7, 11) is 0. The lowest BCUT2D eigenvalue weighted by atomic mass is 10.2. The molecule has 0 bridgehead atoms. The van der Waals surface area contributed by atoms with Crippen LogP contribution in [0.3, 0.4) is 0 Å². The van der Waals surface area contributed by atoms with E-state index in [4.69, 9.17) is 4.74 Å². The molecule has 3 rings (SSSR count). The summed E-state index contributed by atoms with van der Waals surface area (Å²) < 4.78 is 19.9. The summed E-state index contributed by atoms with van der Waals surface area (Å²) in [6.07, 6.45) is 5.75. The van der Waals surface area contributed by atoms with Gasteiger partial charge < -0.3 is 15.4 Å². The molecule has 6 nitrogen and oxygen atoms in total. The van der Waals surface area contributed by atoms with Gasteiger partial charge in [-0.15, -0.1) is 24.0 Å². The Morgan fingerprint density at radius 1 is 1.10 bits per heavy atom. The van der Waals surface area contributed by atoms with Crippen LogP contribution in [0.1, 0.15) is 18.2 Å². The van der Waals surface area contributed by atoms with E-state index in [0.29, 0.717) is 24.8 Å². The highest BCUT2D eigenvalue weighted by atomic mass is 127. The van der Waals surface area contributed by atoms with Crippen molar-refractivity contribution in [2.75, 3.05) is 13.1 Å². The minimum absolute atomic E-state index is 0. The van der Waals surface area contributed by atoms with Crippen LogP contribution in [-0.4, -0.2) is 29.0 Å². The fraction of sp³-hybridized carbons (Fsp3) is 0.227. The van der Waals surface area contributed by atoms with Crippen LogP contribution in [0.2, 0.25) is 0 Å². The Kier molecular flexibility index (Phi) is 9.99. The van der Waals surface area contributed by atoms with Crippen LogP contribution in [-0.2, 0) is 13.0 Å². The van der Waals surface area contributed by atoms with Gasteiger partial charge >= 0.3 is 0 Å². The zero-order chi connectivity index (χ0) is 20.3. The fourth-order valence-electron chi connectivity index (χ4n) is 2.63. The van der Waals surface area contributed by atoms with Gasteiger partial charge in [0.1, 0.15) is 5.75 Å². The van der Waals surface area contributed by atoms with Crippen molar-refractivity contribution in [2.45, 2.75) is 19.9 Å². The average Bonchev–Trinajstić information content (AvgIpc) is 2.75. The van der Waals surface area contributed by atoms with E-state index in [1.807, 2.05) is 25.1 Å². The van der Waals surface area contributed by atoms with Crippen molar-refractivity contribution in [1.82, 2.24) is 20.6 Å². The van der Waals surface area contributed by atoms with E-state index in [1.165, 1.54) is 12.3 Å². The number of nitrogens with zero attached hydrogens (tertiary/aromatic N) is 3. The zero-order valence-electron chi connectivity index (χ0n) is 16.7. The summed E-state index contributed by atoms with van der Waals surface area (Å²) in [5.74, 6) is 0.893. The Labute approximate surface area is 193 Å². The summed E-state index contributed by atoms with van der Waals surface area (Å²) in [6, 6.07) is 14.2. The maximum atomic E-state index is 14.4. The van der Waals surface area contributed by atoms with Gasteiger partial charge in [-0.3, -0.25) is 9.97 Å². The highest BCUT2D eigenvalue weighted by molar-refractivity contribution is 14.0. The number of nitrogens with one attached hydrogen (secondary N) is 2. The number of aliphatic imine (C=N–C) groups is 1. The Morgan fingerprint density at radius 2 is 2.00 bits per heavy atom. The molecular weight excluding hydrogens is 496 g/mol. The second-order valence-electron chi connectivity index (χ2n) is 6.25. The molecule has 0 aliphatic heterocycles. The third kappa shape index (κ3) is 7.58. The van der Waals surface area contributed by atoms with Crippen LogP contribution in [0.15, 0.2) is 72.1 Å². The molecule has 158 valence electrons. The maximum absolute atomic E-state index is 14.4. The van der Waals surface area contributed by atoms with Crippen LogP contribution >= 0.6 is 24.0 Å². The van der Waals surface area contributed by atoms with Crippen LogP contribution < -0.4 is 15.4 Å². The van der Waals surface area contributed by atoms with Crippen molar-refractivity contribution in [3.63, 3.8) is 0 Å². The number of ether oxygens (including phenoxy) is 1. The lowest BCUT2D eigenvalue weighted by Crippen LogP contribution is -2.38. The second-order valence-corrected chi connectivity index (χ2v) is 6.25. The first-order valence-corrected chi connectivity index (χ1v) is 9.53. The number of hydrogen-bond donors (Lipinski definition) is 2. The highest BCUT2D eigenvalue weighted by Gasteiger charge is 2.07. The van der Waals surface area contributed by atoms with Crippen molar-refractivity contribution >= 4 is 29.9 Å². The first-order valence-electron chi connectivity index (χ1n) is 9.53. The average molecular weight is 521 g/mol. The number of benzene rings is 1. The van der Waals surface area contributed by atoms with Gasteiger partial charge in [0.25, 0.3) is 0 Å². The van der Waals surface area contributed by atoms with Gasteiger partial charge in [0.05, 0.1) is 12.7 Å². The molecule has 0 fully saturated rings. The summed E-state index contributed by atoms with van der Waals surface area (Å²) in [4.78, 5) is 12.8. The van der Waals surface area contributed by atoms with Crippen molar-refractivity contribution in [3.05, 3.63) is 84.2 Å². The maximum Gasteiger partial charge on any atom is 0.191 e. The summed E-state index contributed by atoms with van der Waals surface area (Å²) in [5.41, 5.74) is 1.77. The molecule has 0 aliphatic carbocycles. The second kappa shape index (κ2) is 12.7. The predicted octanol–water partition coefficient (Wildman–Crippen LogP) is 4.32. The van der Waals surface area contributed by atoms with Gasteiger partial charge in [0, 0.05) is 37.6 Å². The molecule has 0 amide bonds. The number of hydrogen-bond acceptors (Lipinski definition) is 4. The highest BCUT2D eigenvalue weighted by Crippen LogP contribution is 2.24. The smallest absolute Gasteiger partial charge is 0.191 e. The normalized spacial score (nSPS) is 10.8. The largest absolute Gasteiger partial charge is 0.453 e. The minimum Gasteiger partial charge on any atom is -0.453 e. The molecule has 2 heterocycles. The van der Waals surface area contributed by atoms with Crippen molar-refractivity contribution < 1.29 is 9.13 Å². The van der Waals surface area contributed by atoms with Crippen LogP contribution in [0, 0.1) is 5.82 Å². The Morgan fingerprint density at radius 3 is 2.70 bits per heavy atom. The van der Waals surface area contributed by atoms with Gasteiger partial charge in [-0.1, -0.05) is 12.1 Å². The fourth-order valence-corrected chi connectivity index (χ4v) is 2.63. The van der Waals surface area contributed by atoms with Crippen molar-refractivity contribution in [2.24, 2.45) is 4.99 Å². The monoisotopic (exact) mass is 521 g/mol. The minimum atomic E-state index is -0.435. The lowest BCUT2D eigenvalue weighted by molar-refractivity contribution is 0.440. The SMILES string of the molecule is CCNC(=NCc1ccc(Oc2cccnc2)c(F)c1)NCCc1ccccn1.I. The van der Waals surface area contributed by atoms with Gasteiger partial charge in [-0.25, -0.2) is 9.38 Å². The van der Waals surface area contributed by atoms with E-state index in [2.05, 4.69) is 25.6 Å². The molecule has 2 N–H and O–H groups in total. The lowest BCUT2D eigenvalue weighted by Gasteiger charge is -2.11. The van der Waals surface area contributed by atoms with E-state index in [-0.39, 0.29) is 29.7 Å². The van der Waals surface area contributed by atoms with E-state index < -0.39 is 5.82 Å². The summed E-state index contributed by atoms with van der Waals surface area (Å²) in [6.45, 7) is 3.79. The van der Waals surface area contributed by atoms with Gasteiger partial charge in [0.15, 0.2) is 17.5 Å². The third-order valence-corrected chi connectivity index (χ3v) is 4.02. The molecular formula is C22H25FIN5O. The molecule has 0 atom stereocenters. The molecule has 0 saturated heterocycles. The molecule has 0 saturated carbocycles. The Bertz CT molecular complexity index is 925. The van der Waals surface area contributed by atoms with E-state index >= 15 is 0 Å². The number of aromatic nitrogens is 2. The van der Waals surface area contributed by atoms with Crippen molar-refractivity contribution in [3.8, 4) is 11.5 Å². The van der Waals surface area contributed by atoms with E-state index in [9.17, 15) is 4.39 Å². The first-order chi connectivity index (χ1) is 14.2. The number of rotatable bonds is 8. The van der Waals surface area contributed by atoms with Crippen LogP contribution in [0.4, 0.5) is 4.39 Å². The quantitative estimate of drug-likeness (QED) is 0.263. The van der Waals surface area contributed by atoms with Crippen LogP contribution in [0.5, 0.6) is 11.5 Å². The van der Waals surface area contributed by atoms with Gasteiger partial charge in [-0.05, 0) is 48.9 Å². The molecule has 0 spiro atoms. The number of guanidine groups is 1. The Hall–Kier alpha value is -2.75. The van der Waals surface area contributed by atoms with Crippen molar-refractivity contribution in [1.29, 1.82) is 0 Å². The molecule has 2 aromatic heterocycles. The summed E-state index contributed by atoms with van der Waals surface area (Å²) in [5, 5.41) is 6.46. The molecule has 1 aromatic carbocycles. The van der Waals surface area contributed by atoms with E-state index in [0.717, 1.165) is 24.2 Å². The molecule has 0 radical (unpaired) electrons. The number of halogens is 2. The first kappa shape index (κ1) is 23.5. The molecule has 8 heteroatoms. The Balaban J connectivity index is 0.00000320. The van der Waals surface area contributed by atoms with E-state index in [1.54, 1.807) is 36.7 Å². The molecule has 3 aromatic rings. The number of pyridine rings is 2. The molecule has 0 aliphatic rings. The van der Waals surface area contributed by atoms with Gasteiger partial charge in [0.2, 0.25) is 0 Å². The summed E-state index contributed by atoms with van der Waals surface area (Å²) >= 11 is 0. The van der Waals surface area contributed by atoms with Crippen LogP contribution in [0.25, 0.3) is 0 Å². The standard InChI is InChI=1S/C22H24FN5O.HI/c1-2-25-22(27-13-10-18-6-3-4-12-26-18)28-15-17-8-9-21(20(23)14-17)29-19-7-5-11-24-16-19;/h3-9,11-12,14,16H,2,10,13,15H2,1H3,(H2,25,27,28);1H. The molecule has 0 unspecified atom stereocenters. The predicted molar refractivity (Wildman–Crippen MR) is 127 cm³/mol. The zero-order valence-corrected chi connectivity index (χ0v) is 19.0. The topological polar surface area (TPSA) is 71.4 Å².